The molecular formula is C33H23Cl2N3O4. The minimum atomic E-state index is -1.32. The van der Waals surface area contributed by atoms with Crippen LogP contribution < -0.4 is 21.1 Å². The first kappa shape index (κ1) is 27.4. The number of hydrogen-bond donors (Lipinski definition) is 3. The van der Waals surface area contributed by atoms with Gasteiger partial charge < -0.3 is 21.1 Å². The van der Waals surface area contributed by atoms with E-state index in [1.165, 1.54) is 0 Å². The van der Waals surface area contributed by atoms with Crippen LogP contribution in [0.1, 0.15) is 51.0 Å². The van der Waals surface area contributed by atoms with Gasteiger partial charge in [0.2, 0.25) is 17.7 Å². The first-order valence-corrected chi connectivity index (χ1v) is 13.8. The molecule has 0 aromatic heterocycles. The fourth-order valence-corrected chi connectivity index (χ4v) is 6.41. The molecular weight excluding hydrogens is 573 g/mol. The number of amides is 3. The van der Waals surface area contributed by atoms with Crippen LogP contribution in [0, 0.1) is 12.3 Å². The molecule has 1 spiro atoms. The fraction of sp³-hybridized carbons (Fsp3) is 0.121. The van der Waals surface area contributed by atoms with Gasteiger partial charge in [-0.15, -0.1) is 6.42 Å². The minimum absolute atomic E-state index is 0.0337. The molecule has 2 aliphatic rings. The van der Waals surface area contributed by atoms with E-state index in [9.17, 15) is 14.4 Å². The van der Waals surface area contributed by atoms with Gasteiger partial charge in [-0.25, -0.2) is 0 Å². The lowest BCUT2D eigenvalue weighted by Crippen LogP contribution is -2.56. The van der Waals surface area contributed by atoms with Crippen LogP contribution in [0.3, 0.4) is 0 Å². The van der Waals surface area contributed by atoms with Gasteiger partial charge in [0.15, 0.2) is 0 Å². The lowest BCUT2D eigenvalue weighted by molar-refractivity contribution is -0.131. The Morgan fingerprint density at radius 2 is 1.74 bits per heavy atom. The Balaban J connectivity index is 1.58. The normalized spacial score (nSPS) is 20.8. The molecule has 3 amide bonds. The molecule has 4 aromatic rings. The van der Waals surface area contributed by atoms with E-state index in [2.05, 4.69) is 16.6 Å². The maximum atomic E-state index is 14.3. The molecule has 2 heterocycles. The summed E-state index contributed by atoms with van der Waals surface area (Å²) in [4.78, 5) is 39.3. The molecule has 6 rings (SSSR count). The van der Waals surface area contributed by atoms with Crippen molar-refractivity contribution in [1.29, 1.82) is 0 Å². The zero-order valence-corrected chi connectivity index (χ0v) is 23.5. The SMILES string of the molecule is C#Cc1ccc(Oc2ccc(C(N)=O)cc2)c([C@H]2NC(=O)C[C@@H](c3cccc(Cl)c3)C23C(=O)Nc2cc(Cl)ccc23)c1. The topological polar surface area (TPSA) is 111 Å². The second-order valence-electron chi connectivity index (χ2n) is 10.2. The monoisotopic (exact) mass is 595 g/mol. The van der Waals surface area contributed by atoms with Gasteiger partial charge in [0.25, 0.3) is 0 Å². The van der Waals surface area contributed by atoms with Crippen LogP contribution >= 0.6 is 23.2 Å². The molecule has 0 saturated carbocycles. The van der Waals surface area contributed by atoms with Crippen LogP contribution in [-0.2, 0) is 15.0 Å². The predicted octanol–water partition coefficient (Wildman–Crippen LogP) is 6.10. The van der Waals surface area contributed by atoms with Crippen molar-refractivity contribution >= 4 is 46.6 Å². The average Bonchev–Trinajstić information content (AvgIpc) is 3.25. The van der Waals surface area contributed by atoms with Gasteiger partial charge in [0, 0.05) is 44.8 Å². The van der Waals surface area contributed by atoms with Gasteiger partial charge in [-0.2, -0.15) is 0 Å². The second-order valence-corrected chi connectivity index (χ2v) is 11.1. The number of benzene rings is 4. The van der Waals surface area contributed by atoms with Crippen LogP contribution in [0.15, 0.2) is 84.9 Å². The van der Waals surface area contributed by atoms with Crippen molar-refractivity contribution in [3.8, 4) is 23.8 Å². The number of carbonyl (C=O) groups excluding carboxylic acids is 3. The van der Waals surface area contributed by atoms with Gasteiger partial charge in [-0.1, -0.05) is 47.3 Å². The number of ether oxygens (including phenoxy) is 1. The molecule has 42 heavy (non-hydrogen) atoms. The Morgan fingerprint density at radius 3 is 2.45 bits per heavy atom. The van der Waals surface area contributed by atoms with Crippen molar-refractivity contribution in [3.63, 3.8) is 0 Å². The van der Waals surface area contributed by atoms with Crippen LogP contribution in [0.4, 0.5) is 5.69 Å². The molecule has 9 heteroatoms. The first-order chi connectivity index (χ1) is 20.2. The highest BCUT2D eigenvalue weighted by Gasteiger charge is 2.61. The Hall–Kier alpha value is -4.77. The van der Waals surface area contributed by atoms with Crippen molar-refractivity contribution in [2.45, 2.75) is 23.8 Å². The van der Waals surface area contributed by atoms with Crippen molar-refractivity contribution in [2.75, 3.05) is 5.32 Å². The van der Waals surface area contributed by atoms with E-state index in [4.69, 9.17) is 40.1 Å². The van der Waals surface area contributed by atoms with Gasteiger partial charge in [-0.05, 0) is 77.9 Å². The molecule has 1 fully saturated rings. The van der Waals surface area contributed by atoms with E-state index in [1.807, 2.05) is 12.1 Å². The van der Waals surface area contributed by atoms with Crippen LogP contribution in [0.25, 0.3) is 0 Å². The summed E-state index contributed by atoms with van der Waals surface area (Å²) in [6.07, 6.45) is 5.83. The lowest BCUT2D eigenvalue weighted by Gasteiger charge is -2.46. The molecule has 1 saturated heterocycles. The molecule has 4 N–H and O–H groups in total. The maximum Gasteiger partial charge on any atom is 0.248 e. The summed E-state index contributed by atoms with van der Waals surface area (Å²) >= 11 is 12.7. The Morgan fingerprint density at radius 1 is 0.976 bits per heavy atom. The zero-order chi connectivity index (χ0) is 29.6. The average molecular weight is 596 g/mol. The Kier molecular flexibility index (Phi) is 6.90. The predicted molar refractivity (Wildman–Crippen MR) is 161 cm³/mol. The third-order valence-corrected chi connectivity index (χ3v) is 8.33. The number of nitrogens with two attached hydrogens (primary N) is 1. The summed E-state index contributed by atoms with van der Waals surface area (Å²) in [7, 11) is 0. The molecule has 2 aliphatic heterocycles. The van der Waals surface area contributed by atoms with E-state index in [0.717, 1.165) is 5.56 Å². The van der Waals surface area contributed by atoms with Gasteiger partial charge >= 0.3 is 0 Å². The number of nitrogens with one attached hydrogen (secondary N) is 2. The zero-order valence-electron chi connectivity index (χ0n) is 22.0. The number of rotatable bonds is 5. The third kappa shape index (κ3) is 4.55. The molecule has 7 nitrogen and oxygen atoms in total. The molecule has 0 radical (unpaired) electrons. The Bertz CT molecular complexity index is 1820. The van der Waals surface area contributed by atoms with Crippen LogP contribution in [0.2, 0.25) is 10.0 Å². The van der Waals surface area contributed by atoms with E-state index < -0.39 is 23.3 Å². The summed E-state index contributed by atoms with van der Waals surface area (Å²) in [6, 6.07) is 23.0. The summed E-state index contributed by atoms with van der Waals surface area (Å²) in [6.45, 7) is 0. The number of anilines is 1. The van der Waals surface area contributed by atoms with E-state index in [0.29, 0.717) is 49.5 Å². The van der Waals surface area contributed by atoms with E-state index in [1.54, 1.807) is 72.8 Å². The number of terminal acetylenes is 1. The number of primary amides is 1. The standard InChI is InChI=1S/C33H23Cl2N3O4/c1-2-18-6-13-28(42-23-10-7-19(8-11-23)31(36)40)24(14-18)30-33(25-12-9-22(35)16-27(25)37-32(33)41)26(17-29(39)38-30)20-4-3-5-21(34)15-20/h1,3-16,26,30H,17H2,(H2,36,40)(H,37,41)(H,38,39)/t26-,30+,33?/m0/s1. The highest BCUT2D eigenvalue weighted by Crippen LogP contribution is 2.58. The van der Waals surface area contributed by atoms with Crippen molar-refractivity contribution in [3.05, 3.63) is 123 Å². The molecule has 1 unspecified atom stereocenters. The number of hydrogen-bond acceptors (Lipinski definition) is 4. The first-order valence-electron chi connectivity index (χ1n) is 13.0. The van der Waals surface area contributed by atoms with E-state index >= 15 is 0 Å². The van der Waals surface area contributed by atoms with Gasteiger partial charge in [-0.3, -0.25) is 14.4 Å². The van der Waals surface area contributed by atoms with Crippen molar-refractivity contribution < 1.29 is 19.1 Å². The smallest absolute Gasteiger partial charge is 0.248 e. The third-order valence-electron chi connectivity index (χ3n) is 7.86. The number of fused-ring (bicyclic) bond motifs is 2. The minimum Gasteiger partial charge on any atom is -0.457 e. The summed E-state index contributed by atoms with van der Waals surface area (Å²) in [5.41, 5.74) is 7.39. The summed E-state index contributed by atoms with van der Waals surface area (Å²) in [5.74, 6) is 1.70. The molecule has 0 bridgehead atoms. The lowest BCUT2D eigenvalue weighted by atomic mass is 9.59. The molecule has 3 atom stereocenters. The summed E-state index contributed by atoms with van der Waals surface area (Å²) in [5, 5.41) is 7.04. The van der Waals surface area contributed by atoms with Gasteiger partial charge in [0.05, 0.1) is 6.04 Å². The largest absolute Gasteiger partial charge is 0.457 e. The maximum absolute atomic E-state index is 14.3. The quantitative estimate of drug-likeness (QED) is 0.242. The molecule has 208 valence electrons. The highest BCUT2D eigenvalue weighted by atomic mass is 35.5. The van der Waals surface area contributed by atoms with Gasteiger partial charge in [0.1, 0.15) is 16.9 Å². The van der Waals surface area contributed by atoms with Crippen molar-refractivity contribution in [2.24, 2.45) is 5.73 Å². The number of carbonyl (C=O) groups is 3. The summed E-state index contributed by atoms with van der Waals surface area (Å²) < 4.78 is 6.29. The Labute approximate surface area is 252 Å². The molecule has 0 aliphatic carbocycles. The van der Waals surface area contributed by atoms with E-state index in [-0.39, 0.29) is 18.2 Å². The van der Waals surface area contributed by atoms with Crippen LogP contribution in [0.5, 0.6) is 11.5 Å². The highest BCUT2D eigenvalue weighted by molar-refractivity contribution is 6.31. The fourth-order valence-electron chi connectivity index (χ4n) is 6.04. The van der Waals surface area contributed by atoms with Crippen molar-refractivity contribution in [1.82, 2.24) is 5.32 Å². The second kappa shape index (κ2) is 10.6. The number of halogens is 2. The van der Waals surface area contributed by atoms with Crippen LogP contribution in [-0.4, -0.2) is 17.7 Å². The molecule has 4 aromatic carbocycles. The number of piperidine rings is 1.